The quantitative estimate of drug-likeness (QED) is 0.165. The van der Waals surface area contributed by atoms with Crippen molar-refractivity contribution in [3.63, 3.8) is 0 Å². The monoisotopic (exact) mass is 713 g/mol. The highest BCUT2D eigenvalue weighted by molar-refractivity contribution is 5.99. The molecule has 0 saturated heterocycles. The maximum atomic E-state index is 5.27. The largest absolute Gasteiger partial charge is 0.208 e. The van der Waals surface area contributed by atoms with Gasteiger partial charge in [0, 0.05) is 16.7 Å². The lowest BCUT2D eigenvalue weighted by Crippen LogP contribution is -2.01. The molecule has 3 heteroatoms. The maximum Gasteiger partial charge on any atom is 0.164 e. The zero-order chi connectivity index (χ0) is 37.3. The third kappa shape index (κ3) is 6.42. The second kappa shape index (κ2) is 14.4. The maximum absolute atomic E-state index is 5.27. The Morgan fingerprint density at radius 1 is 0.214 bits per heavy atom. The van der Waals surface area contributed by atoms with Gasteiger partial charge in [-0.15, -0.1) is 0 Å². The van der Waals surface area contributed by atoms with Gasteiger partial charge in [-0.3, -0.25) is 0 Å². The summed E-state index contributed by atoms with van der Waals surface area (Å²) in [5.74, 6) is 1.88. The smallest absolute Gasteiger partial charge is 0.164 e. The lowest BCUT2D eigenvalue weighted by atomic mass is 9.94. The SMILES string of the molecule is c1ccc(-c2ccc(-c3nc(-c4ccc5cc(-c6cccc7ccccc67)ccc5c4)nc(-c4cc(-c5ccccc5)ccc4-c4ccccc4)n3)cc2)cc1. The summed E-state index contributed by atoms with van der Waals surface area (Å²) in [4.78, 5) is 15.7. The summed E-state index contributed by atoms with van der Waals surface area (Å²) < 4.78 is 0. The molecular weight excluding hydrogens is 679 g/mol. The minimum atomic E-state index is 0.625. The normalized spacial score (nSPS) is 11.2. The lowest BCUT2D eigenvalue weighted by Gasteiger charge is -2.14. The zero-order valence-corrected chi connectivity index (χ0v) is 30.5. The van der Waals surface area contributed by atoms with Crippen LogP contribution in [0.3, 0.4) is 0 Å². The van der Waals surface area contributed by atoms with Gasteiger partial charge in [0.1, 0.15) is 0 Å². The van der Waals surface area contributed by atoms with Gasteiger partial charge in [0.05, 0.1) is 0 Å². The third-order valence-electron chi connectivity index (χ3n) is 10.5. The Kier molecular flexibility index (Phi) is 8.51. The molecule has 0 atom stereocenters. The first-order valence-corrected chi connectivity index (χ1v) is 18.9. The van der Waals surface area contributed by atoms with Crippen LogP contribution in [0.4, 0.5) is 0 Å². The molecule has 10 aromatic rings. The summed E-state index contributed by atoms with van der Waals surface area (Å²) in [6.07, 6.45) is 0. The van der Waals surface area contributed by atoms with E-state index in [2.05, 4.69) is 194 Å². The number of rotatable bonds is 7. The summed E-state index contributed by atoms with van der Waals surface area (Å²) in [6.45, 7) is 0. The molecule has 9 aromatic carbocycles. The Hall–Kier alpha value is -7.49. The Labute approximate surface area is 326 Å². The van der Waals surface area contributed by atoms with E-state index >= 15 is 0 Å². The second-order valence-electron chi connectivity index (χ2n) is 14.0. The number of aromatic nitrogens is 3. The molecule has 0 aliphatic carbocycles. The second-order valence-corrected chi connectivity index (χ2v) is 14.0. The van der Waals surface area contributed by atoms with E-state index in [1.807, 2.05) is 18.2 Å². The van der Waals surface area contributed by atoms with E-state index in [9.17, 15) is 0 Å². The van der Waals surface area contributed by atoms with Crippen LogP contribution in [0, 0.1) is 0 Å². The van der Waals surface area contributed by atoms with Crippen molar-refractivity contribution in [2.75, 3.05) is 0 Å². The number of benzene rings is 9. The average molecular weight is 714 g/mol. The number of hydrogen-bond donors (Lipinski definition) is 0. The van der Waals surface area contributed by atoms with Crippen LogP contribution in [0.15, 0.2) is 212 Å². The molecule has 3 nitrogen and oxygen atoms in total. The Bertz CT molecular complexity index is 2990. The molecule has 56 heavy (non-hydrogen) atoms. The van der Waals surface area contributed by atoms with Gasteiger partial charge in [0.2, 0.25) is 0 Å². The fourth-order valence-electron chi connectivity index (χ4n) is 7.64. The van der Waals surface area contributed by atoms with Gasteiger partial charge in [0.15, 0.2) is 17.5 Å². The van der Waals surface area contributed by atoms with E-state index < -0.39 is 0 Å². The molecule has 0 bridgehead atoms. The molecule has 0 radical (unpaired) electrons. The molecule has 0 N–H and O–H groups in total. The van der Waals surface area contributed by atoms with Crippen molar-refractivity contribution in [2.45, 2.75) is 0 Å². The molecule has 0 aliphatic rings. The van der Waals surface area contributed by atoms with Gasteiger partial charge in [-0.2, -0.15) is 0 Å². The van der Waals surface area contributed by atoms with E-state index in [0.29, 0.717) is 17.5 Å². The summed E-state index contributed by atoms with van der Waals surface area (Å²) in [7, 11) is 0. The number of hydrogen-bond acceptors (Lipinski definition) is 3. The zero-order valence-electron chi connectivity index (χ0n) is 30.5. The van der Waals surface area contributed by atoms with Crippen molar-refractivity contribution in [1.82, 2.24) is 15.0 Å². The predicted octanol–water partition coefficient (Wildman–Crippen LogP) is 13.8. The molecule has 0 spiro atoms. The van der Waals surface area contributed by atoms with E-state index in [4.69, 9.17) is 15.0 Å². The Morgan fingerprint density at radius 2 is 0.696 bits per heavy atom. The molecule has 10 rings (SSSR count). The van der Waals surface area contributed by atoms with Gasteiger partial charge >= 0.3 is 0 Å². The molecule has 0 aliphatic heterocycles. The average Bonchev–Trinajstić information content (AvgIpc) is 3.29. The molecule has 1 aromatic heterocycles. The Morgan fingerprint density at radius 3 is 1.41 bits per heavy atom. The highest BCUT2D eigenvalue weighted by Crippen LogP contribution is 2.37. The van der Waals surface area contributed by atoms with Crippen molar-refractivity contribution in [3.05, 3.63) is 212 Å². The van der Waals surface area contributed by atoms with Gasteiger partial charge in [-0.25, -0.2) is 15.0 Å². The first-order valence-electron chi connectivity index (χ1n) is 18.9. The van der Waals surface area contributed by atoms with Gasteiger partial charge in [-0.1, -0.05) is 194 Å². The van der Waals surface area contributed by atoms with Crippen LogP contribution in [0.5, 0.6) is 0 Å². The van der Waals surface area contributed by atoms with Crippen LogP contribution < -0.4 is 0 Å². The van der Waals surface area contributed by atoms with Crippen molar-refractivity contribution < 1.29 is 0 Å². The fourth-order valence-corrected chi connectivity index (χ4v) is 7.64. The van der Waals surface area contributed by atoms with E-state index in [1.165, 1.54) is 27.5 Å². The van der Waals surface area contributed by atoms with Crippen LogP contribution in [-0.4, -0.2) is 15.0 Å². The summed E-state index contributed by atoms with van der Waals surface area (Å²) >= 11 is 0. The summed E-state index contributed by atoms with van der Waals surface area (Å²) in [5, 5.41) is 4.77. The molecule has 0 amide bonds. The summed E-state index contributed by atoms with van der Waals surface area (Å²) in [6, 6.07) is 74.7. The highest BCUT2D eigenvalue weighted by atomic mass is 15.0. The van der Waals surface area contributed by atoms with E-state index in [-0.39, 0.29) is 0 Å². The van der Waals surface area contributed by atoms with Crippen molar-refractivity contribution in [2.24, 2.45) is 0 Å². The minimum absolute atomic E-state index is 0.625. The standard InChI is InChI=1S/C53H35N3/c1-4-13-36(14-5-1)38-23-25-41(26-24-38)51-54-52(46-30-28-42-33-45(29-27-43(42)34-46)48-22-12-20-40-19-10-11-21-47(40)48)56-53(55-51)50-35-44(37-15-6-2-7-16-37)31-32-49(50)39-17-8-3-9-18-39/h1-35H. The van der Waals surface area contributed by atoms with Crippen LogP contribution in [0.25, 0.3) is 100 Å². The first-order chi connectivity index (χ1) is 27.7. The Balaban J connectivity index is 1.13. The number of nitrogens with zero attached hydrogens (tertiary/aromatic N) is 3. The van der Waals surface area contributed by atoms with Gasteiger partial charge in [0.25, 0.3) is 0 Å². The van der Waals surface area contributed by atoms with Crippen LogP contribution in [0.2, 0.25) is 0 Å². The molecule has 0 fully saturated rings. The van der Waals surface area contributed by atoms with Crippen molar-refractivity contribution in [1.29, 1.82) is 0 Å². The van der Waals surface area contributed by atoms with Crippen LogP contribution in [-0.2, 0) is 0 Å². The minimum Gasteiger partial charge on any atom is -0.208 e. The molecule has 0 unspecified atom stereocenters. The topological polar surface area (TPSA) is 38.7 Å². The number of fused-ring (bicyclic) bond motifs is 2. The van der Waals surface area contributed by atoms with Crippen molar-refractivity contribution in [3.8, 4) is 78.7 Å². The lowest BCUT2D eigenvalue weighted by molar-refractivity contribution is 1.07. The van der Waals surface area contributed by atoms with Crippen LogP contribution in [0.1, 0.15) is 0 Å². The van der Waals surface area contributed by atoms with Crippen LogP contribution >= 0.6 is 0 Å². The molecule has 262 valence electrons. The highest BCUT2D eigenvalue weighted by Gasteiger charge is 2.18. The predicted molar refractivity (Wildman–Crippen MR) is 233 cm³/mol. The van der Waals surface area contributed by atoms with E-state index in [0.717, 1.165) is 55.3 Å². The van der Waals surface area contributed by atoms with E-state index in [1.54, 1.807) is 0 Å². The molecule has 1 heterocycles. The van der Waals surface area contributed by atoms with Crippen molar-refractivity contribution >= 4 is 21.5 Å². The summed E-state index contributed by atoms with van der Waals surface area (Å²) in [5.41, 5.74) is 11.9. The van der Waals surface area contributed by atoms with Gasteiger partial charge in [-0.05, 0) is 84.3 Å². The van der Waals surface area contributed by atoms with Gasteiger partial charge < -0.3 is 0 Å². The molecular formula is C53H35N3. The fraction of sp³-hybridized carbons (Fsp3) is 0. The third-order valence-corrected chi connectivity index (χ3v) is 10.5. The molecule has 0 saturated carbocycles. The first kappa shape index (κ1) is 33.1.